The molecule has 3 aromatic heterocycles. The summed E-state index contributed by atoms with van der Waals surface area (Å²) >= 11 is 0. The summed E-state index contributed by atoms with van der Waals surface area (Å²) in [7, 11) is 0. The van der Waals surface area contributed by atoms with Crippen molar-refractivity contribution >= 4 is 33.7 Å². The number of para-hydroxylation sites is 1. The minimum absolute atomic E-state index is 0.105. The Morgan fingerprint density at radius 1 is 0.886 bits per heavy atom. The quantitative estimate of drug-likeness (QED) is 0.390. The van der Waals surface area contributed by atoms with Gasteiger partial charge in [0.1, 0.15) is 5.75 Å². The number of rotatable bonds is 6. The topological polar surface area (TPSA) is 108 Å². The molecule has 10 heteroatoms. The van der Waals surface area contributed by atoms with Gasteiger partial charge in [0.2, 0.25) is 5.95 Å². The van der Waals surface area contributed by atoms with Crippen LogP contribution in [0.15, 0.2) is 61.1 Å². The van der Waals surface area contributed by atoms with Gasteiger partial charge in [0.25, 0.3) is 0 Å². The molecule has 10 nitrogen and oxygen atoms in total. The summed E-state index contributed by atoms with van der Waals surface area (Å²) in [4.78, 5) is 19.0. The maximum absolute atomic E-state index is 9.59. The lowest BCUT2D eigenvalue weighted by Gasteiger charge is -2.36. The molecule has 0 amide bonds. The second-order valence-corrected chi connectivity index (χ2v) is 8.64. The van der Waals surface area contributed by atoms with Crippen LogP contribution in [-0.4, -0.2) is 72.3 Å². The first kappa shape index (κ1) is 21.4. The lowest BCUT2D eigenvalue weighted by molar-refractivity contribution is 0.280. The standard InChI is InChI=1S/C25H26N8O2/c34-15-3-10-32-17-26-22-23(32)28-25(29-24(22)33-21-5-2-1-4-18(21)16-27-33)31-13-11-30(12-14-31)19-6-8-20(35)9-7-19/h1-2,4-9,16-17,34-35H,3,10-15H2. The summed E-state index contributed by atoms with van der Waals surface area (Å²) in [6.45, 7) is 3.88. The zero-order valence-corrected chi connectivity index (χ0v) is 19.2. The number of aromatic hydroxyl groups is 1. The predicted molar refractivity (Wildman–Crippen MR) is 134 cm³/mol. The fourth-order valence-corrected chi connectivity index (χ4v) is 4.58. The fraction of sp³-hybridized carbons (Fsp3) is 0.280. The van der Waals surface area contributed by atoms with Crippen LogP contribution in [0.25, 0.3) is 27.9 Å². The van der Waals surface area contributed by atoms with Crippen molar-refractivity contribution < 1.29 is 10.2 Å². The van der Waals surface area contributed by atoms with Crippen LogP contribution in [0.5, 0.6) is 5.75 Å². The maximum atomic E-state index is 9.59. The molecular formula is C25H26N8O2. The van der Waals surface area contributed by atoms with Gasteiger partial charge in [-0.3, -0.25) is 0 Å². The molecule has 0 radical (unpaired) electrons. The number of phenolic OH excluding ortho intramolecular Hbond substituents is 1. The van der Waals surface area contributed by atoms with Crippen LogP contribution < -0.4 is 9.80 Å². The van der Waals surface area contributed by atoms with Crippen LogP contribution in [0.1, 0.15) is 6.42 Å². The second kappa shape index (κ2) is 8.88. The van der Waals surface area contributed by atoms with Gasteiger partial charge in [-0.05, 0) is 36.8 Å². The number of piperazine rings is 1. The second-order valence-electron chi connectivity index (χ2n) is 8.64. The summed E-state index contributed by atoms with van der Waals surface area (Å²) in [5.41, 5.74) is 3.47. The van der Waals surface area contributed by atoms with Crippen molar-refractivity contribution in [3.05, 3.63) is 61.1 Å². The molecule has 1 fully saturated rings. The van der Waals surface area contributed by atoms with Gasteiger partial charge in [-0.25, -0.2) is 9.67 Å². The van der Waals surface area contributed by atoms with Gasteiger partial charge in [-0.1, -0.05) is 18.2 Å². The number of aliphatic hydroxyl groups excluding tert-OH is 1. The van der Waals surface area contributed by atoms with E-state index in [1.54, 1.807) is 18.5 Å². The molecule has 0 unspecified atom stereocenters. The third kappa shape index (κ3) is 3.91. The third-order valence-electron chi connectivity index (χ3n) is 6.45. The molecule has 1 saturated heterocycles. The highest BCUT2D eigenvalue weighted by Crippen LogP contribution is 2.26. The Morgan fingerprint density at radius 3 is 2.46 bits per heavy atom. The van der Waals surface area contributed by atoms with Crippen LogP contribution >= 0.6 is 0 Å². The van der Waals surface area contributed by atoms with Gasteiger partial charge < -0.3 is 24.6 Å². The molecule has 0 bridgehead atoms. The van der Waals surface area contributed by atoms with E-state index in [0.29, 0.717) is 30.2 Å². The van der Waals surface area contributed by atoms with Crippen LogP contribution in [0.2, 0.25) is 0 Å². The van der Waals surface area contributed by atoms with E-state index in [-0.39, 0.29) is 12.4 Å². The Labute approximate surface area is 201 Å². The average molecular weight is 471 g/mol. The molecule has 1 aliphatic heterocycles. The minimum Gasteiger partial charge on any atom is -0.508 e. The van der Waals surface area contributed by atoms with Crippen molar-refractivity contribution in [2.45, 2.75) is 13.0 Å². The van der Waals surface area contributed by atoms with Crippen LogP contribution in [0.4, 0.5) is 11.6 Å². The average Bonchev–Trinajstić information content (AvgIpc) is 3.52. The van der Waals surface area contributed by atoms with E-state index < -0.39 is 0 Å². The molecule has 0 aliphatic carbocycles. The lowest BCUT2D eigenvalue weighted by Crippen LogP contribution is -2.47. The fourth-order valence-electron chi connectivity index (χ4n) is 4.58. The van der Waals surface area contributed by atoms with Gasteiger partial charge in [0.15, 0.2) is 17.0 Å². The normalized spacial score (nSPS) is 14.3. The van der Waals surface area contributed by atoms with E-state index in [9.17, 15) is 10.2 Å². The van der Waals surface area contributed by atoms with Crippen molar-refractivity contribution in [2.75, 3.05) is 42.6 Å². The van der Waals surface area contributed by atoms with E-state index in [4.69, 9.17) is 9.97 Å². The number of phenols is 1. The number of anilines is 2. The van der Waals surface area contributed by atoms with E-state index in [1.807, 2.05) is 51.8 Å². The van der Waals surface area contributed by atoms with Crippen molar-refractivity contribution in [1.29, 1.82) is 0 Å². The minimum atomic E-state index is 0.105. The van der Waals surface area contributed by atoms with E-state index >= 15 is 0 Å². The molecule has 6 rings (SSSR count). The first-order valence-electron chi connectivity index (χ1n) is 11.8. The largest absolute Gasteiger partial charge is 0.508 e. The maximum Gasteiger partial charge on any atom is 0.229 e. The number of aliphatic hydroxyl groups is 1. The molecule has 1 aliphatic rings. The molecule has 4 heterocycles. The zero-order chi connectivity index (χ0) is 23.8. The Morgan fingerprint density at radius 2 is 1.66 bits per heavy atom. The van der Waals surface area contributed by atoms with Crippen LogP contribution in [0, 0.1) is 0 Å². The smallest absolute Gasteiger partial charge is 0.229 e. The van der Waals surface area contributed by atoms with Gasteiger partial charge in [-0.2, -0.15) is 15.1 Å². The highest BCUT2D eigenvalue weighted by atomic mass is 16.3. The van der Waals surface area contributed by atoms with Crippen LogP contribution in [0.3, 0.4) is 0 Å². The zero-order valence-electron chi connectivity index (χ0n) is 19.2. The summed E-state index contributed by atoms with van der Waals surface area (Å²) in [6, 6.07) is 15.3. The first-order valence-corrected chi connectivity index (χ1v) is 11.8. The number of aromatic nitrogens is 6. The Balaban J connectivity index is 1.38. The monoisotopic (exact) mass is 470 g/mol. The Kier molecular flexibility index (Phi) is 5.42. The Hall–Kier alpha value is -4.18. The van der Waals surface area contributed by atoms with Crippen molar-refractivity contribution in [3.8, 4) is 11.6 Å². The molecule has 35 heavy (non-hydrogen) atoms. The number of fused-ring (bicyclic) bond motifs is 2. The van der Waals surface area contributed by atoms with Gasteiger partial charge in [-0.15, -0.1) is 0 Å². The molecule has 0 atom stereocenters. The number of aryl methyl sites for hydroxylation is 1. The Bertz CT molecular complexity index is 1470. The molecule has 178 valence electrons. The van der Waals surface area contributed by atoms with Gasteiger partial charge in [0.05, 0.1) is 18.0 Å². The van der Waals surface area contributed by atoms with Crippen molar-refractivity contribution in [3.63, 3.8) is 0 Å². The van der Waals surface area contributed by atoms with Crippen molar-refractivity contribution in [2.24, 2.45) is 0 Å². The molecule has 2 N–H and O–H groups in total. The molecule has 0 spiro atoms. The van der Waals surface area contributed by atoms with Gasteiger partial charge >= 0.3 is 0 Å². The number of hydrogen-bond acceptors (Lipinski definition) is 8. The summed E-state index contributed by atoms with van der Waals surface area (Å²) in [6.07, 6.45) is 4.22. The highest BCUT2D eigenvalue weighted by molar-refractivity contribution is 5.85. The highest BCUT2D eigenvalue weighted by Gasteiger charge is 2.23. The number of nitrogens with zero attached hydrogens (tertiary/aromatic N) is 8. The number of benzene rings is 2. The molecular weight excluding hydrogens is 444 g/mol. The van der Waals surface area contributed by atoms with Crippen molar-refractivity contribution in [1.82, 2.24) is 29.3 Å². The summed E-state index contributed by atoms with van der Waals surface area (Å²) < 4.78 is 3.80. The number of imidazole rings is 1. The van der Waals surface area contributed by atoms with E-state index in [0.717, 1.165) is 48.4 Å². The molecule has 0 saturated carbocycles. The number of hydrogen-bond donors (Lipinski definition) is 2. The van der Waals surface area contributed by atoms with Gasteiger partial charge in [0, 0.05) is 50.4 Å². The summed E-state index contributed by atoms with van der Waals surface area (Å²) in [5.74, 6) is 1.56. The summed E-state index contributed by atoms with van der Waals surface area (Å²) in [5, 5.41) is 24.6. The molecule has 2 aromatic carbocycles. The molecule has 5 aromatic rings. The SMILES string of the molecule is OCCCn1cnc2c(-n3ncc4ccccc43)nc(N3CCN(c4ccc(O)cc4)CC3)nc21. The third-order valence-corrected chi connectivity index (χ3v) is 6.45. The van der Waals surface area contributed by atoms with Crippen LogP contribution in [-0.2, 0) is 6.54 Å². The first-order chi connectivity index (χ1) is 17.2. The van der Waals surface area contributed by atoms with E-state index in [1.165, 1.54) is 0 Å². The lowest BCUT2D eigenvalue weighted by atomic mass is 10.2. The van der Waals surface area contributed by atoms with E-state index in [2.05, 4.69) is 19.9 Å². The predicted octanol–water partition coefficient (Wildman–Crippen LogP) is 2.58.